The van der Waals surface area contributed by atoms with Crippen molar-refractivity contribution in [2.24, 2.45) is 0 Å². The van der Waals surface area contributed by atoms with E-state index in [2.05, 4.69) is 4.72 Å². The topological polar surface area (TPSA) is 92.8 Å². The molecule has 0 aliphatic heterocycles. The van der Waals surface area contributed by atoms with Crippen LogP contribution >= 0.6 is 0 Å². The maximum atomic E-state index is 12.6. The minimum absolute atomic E-state index is 0.0356. The lowest BCUT2D eigenvalue weighted by Gasteiger charge is -2.33. The highest BCUT2D eigenvalue weighted by Gasteiger charge is 2.25. The SMILES string of the molecule is CCN(C(=O)COC(=O)c1cccc(S(=O)(=O)NCc2ccccc2)c1)C1CCCCC1. The molecule has 1 saturated carbocycles. The Morgan fingerprint density at radius 2 is 1.75 bits per heavy atom. The van der Waals surface area contributed by atoms with Gasteiger partial charge in [0.05, 0.1) is 10.5 Å². The van der Waals surface area contributed by atoms with Gasteiger partial charge in [-0.15, -0.1) is 0 Å². The molecule has 0 spiro atoms. The molecule has 0 radical (unpaired) electrons. The van der Waals surface area contributed by atoms with Crippen molar-refractivity contribution < 1.29 is 22.7 Å². The molecule has 1 aliphatic carbocycles. The average molecular weight is 459 g/mol. The fourth-order valence-corrected chi connectivity index (χ4v) is 5.04. The quantitative estimate of drug-likeness (QED) is 0.581. The zero-order valence-corrected chi connectivity index (χ0v) is 19.1. The average Bonchev–Trinajstić information content (AvgIpc) is 2.83. The van der Waals surface area contributed by atoms with Gasteiger partial charge in [-0.2, -0.15) is 0 Å². The summed E-state index contributed by atoms with van der Waals surface area (Å²) in [5.74, 6) is -0.945. The predicted molar refractivity (Wildman–Crippen MR) is 121 cm³/mol. The second-order valence-electron chi connectivity index (χ2n) is 7.89. The van der Waals surface area contributed by atoms with Gasteiger partial charge in [0.2, 0.25) is 10.0 Å². The van der Waals surface area contributed by atoms with Crippen molar-refractivity contribution in [2.75, 3.05) is 13.2 Å². The Morgan fingerprint density at radius 1 is 1.03 bits per heavy atom. The monoisotopic (exact) mass is 458 g/mol. The molecule has 7 nitrogen and oxygen atoms in total. The normalized spacial score (nSPS) is 14.7. The van der Waals surface area contributed by atoms with Crippen molar-refractivity contribution >= 4 is 21.9 Å². The number of amides is 1. The summed E-state index contributed by atoms with van der Waals surface area (Å²) in [7, 11) is -3.81. The van der Waals surface area contributed by atoms with E-state index in [1.54, 1.807) is 4.90 Å². The first-order valence-electron chi connectivity index (χ1n) is 11.0. The molecule has 0 saturated heterocycles. The minimum Gasteiger partial charge on any atom is -0.452 e. The van der Waals surface area contributed by atoms with E-state index >= 15 is 0 Å². The highest BCUT2D eigenvalue weighted by Crippen LogP contribution is 2.22. The van der Waals surface area contributed by atoms with Crippen LogP contribution in [0, 0.1) is 0 Å². The number of benzene rings is 2. The van der Waals surface area contributed by atoms with E-state index in [1.165, 1.54) is 30.7 Å². The van der Waals surface area contributed by atoms with Crippen molar-refractivity contribution in [2.45, 2.75) is 56.5 Å². The van der Waals surface area contributed by atoms with Crippen molar-refractivity contribution in [3.05, 3.63) is 65.7 Å². The molecule has 1 aliphatic rings. The van der Waals surface area contributed by atoms with Crippen molar-refractivity contribution in [3.8, 4) is 0 Å². The second-order valence-corrected chi connectivity index (χ2v) is 9.65. The number of sulfonamides is 1. The molecule has 3 rings (SSSR count). The number of nitrogens with zero attached hydrogens (tertiary/aromatic N) is 1. The van der Waals surface area contributed by atoms with Crippen LogP contribution < -0.4 is 4.72 Å². The summed E-state index contributed by atoms with van der Waals surface area (Å²) in [5, 5.41) is 0. The van der Waals surface area contributed by atoms with E-state index in [1.807, 2.05) is 37.3 Å². The van der Waals surface area contributed by atoms with Gasteiger partial charge < -0.3 is 9.64 Å². The van der Waals surface area contributed by atoms with Crippen molar-refractivity contribution in [1.82, 2.24) is 9.62 Å². The number of likely N-dealkylation sites (N-methyl/N-ethyl adjacent to an activating group) is 1. The molecule has 0 bridgehead atoms. The third-order valence-electron chi connectivity index (χ3n) is 5.69. The van der Waals surface area contributed by atoms with Gasteiger partial charge in [-0.1, -0.05) is 55.7 Å². The molecule has 172 valence electrons. The molecule has 0 unspecified atom stereocenters. The number of esters is 1. The van der Waals surface area contributed by atoms with Crippen LogP contribution in [0.4, 0.5) is 0 Å². The molecule has 2 aromatic carbocycles. The van der Waals surface area contributed by atoms with Gasteiger partial charge >= 0.3 is 5.97 Å². The van der Waals surface area contributed by atoms with E-state index in [0.29, 0.717) is 6.54 Å². The van der Waals surface area contributed by atoms with Crippen LogP contribution in [0.3, 0.4) is 0 Å². The molecule has 1 N–H and O–H groups in total. The Balaban J connectivity index is 1.60. The van der Waals surface area contributed by atoms with E-state index in [-0.39, 0.29) is 35.6 Å². The van der Waals surface area contributed by atoms with Gasteiger partial charge in [0.1, 0.15) is 0 Å². The Kier molecular flexibility index (Phi) is 8.41. The van der Waals surface area contributed by atoms with Crippen LogP contribution in [-0.4, -0.2) is 44.4 Å². The van der Waals surface area contributed by atoms with Crippen LogP contribution in [-0.2, 0) is 26.1 Å². The predicted octanol–water partition coefficient (Wildman–Crippen LogP) is 3.50. The number of hydrogen-bond acceptors (Lipinski definition) is 5. The number of hydrogen-bond donors (Lipinski definition) is 1. The fraction of sp³-hybridized carbons (Fsp3) is 0.417. The van der Waals surface area contributed by atoms with Gasteiger partial charge in [-0.3, -0.25) is 4.79 Å². The number of ether oxygens (including phenoxy) is 1. The lowest BCUT2D eigenvalue weighted by molar-refractivity contribution is -0.137. The Hall–Kier alpha value is -2.71. The number of carbonyl (C=O) groups excluding carboxylic acids is 2. The molecule has 0 atom stereocenters. The molecule has 0 aromatic heterocycles. The van der Waals surface area contributed by atoms with Crippen molar-refractivity contribution in [1.29, 1.82) is 0 Å². The lowest BCUT2D eigenvalue weighted by Crippen LogP contribution is -2.43. The molecule has 32 heavy (non-hydrogen) atoms. The van der Waals surface area contributed by atoms with Gasteiger partial charge in [-0.25, -0.2) is 17.9 Å². The fourth-order valence-electron chi connectivity index (χ4n) is 3.97. The summed E-state index contributed by atoms with van der Waals surface area (Å²) in [6, 6.07) is 15.0. The van der Waals surface area contributed by atoms with Crippen LogP contribution in [0.5, 0.6) is 0 Å². The first-order chi connectivity index (χ1) is 15.4. The van der Waals surface area contributed by atoms with Gasteiger partial charge in [0.15, 0.2) is 6.61 Å². The molecular formula is C24H30N2O5S. The van der Waals surface area contributed by atoms with Gasteiger partial charge in [0, 0.05) is 19.1 Å². The first kappa shape index (κ1) is 23.9. The molecule has 1 amide bonds. The zero-order valence-electron chi connectivity index (χ0n) is 18.3. The Bertz CT molecular complexity index is 1020. The minimum atomic E-state index is -3.81. The number of carbonyl (C=O) groups is 2. The van der Waals surface area contributed by atoms with E-state index in [4.69, 9.17) is 4.74 Å². The summed E-state index contributed by atoms with van der Waals surface area (Å²) in [5.41, 5.74) is 0.907. The Morgan fingerprint density at radius 3 is 2.44 bits per heavy atom. The number of nitrogens with one attached hydrogen (secondary N) is 1. The highest BCUT2D eigenvalue weighted by molar-refractivity contribution is 7.89. The van der Waals surface area contributed by atoms with Crippen LogP contribution in [0.25, 0.3) is 0 Å². The maximum Gasteiger partial charge on any atom is 0.338 e. The van der Waals surface area contributed by atoms with Gasteiger partial charge in [0.25, 0.3) is 5.91 Å². The molecular weight excluding hydrogens is 428 g/mol. The number of rotatable bonds is 9. The molecule has 1 fully saturated rings. The smallest absolute Gasteiger partial charge is 0.338 e. The van der Waals surface area contributed by atoms with Crippen LogP contribution in [0.1, 0.15) is 54.9 Å². The largest absolute Gasteiger partial charge is 0.452 e. The van der Waals surface area contributed by atoms with E-state index in [9.17, 15) is 18.0 Å². The van der Waals surface area contributed by atoms with E-state index < -0.39 is 16.0 Å². The molecule has 2 aromatic rings. The third kappa shape index (κ3) is 6.40. The summed E-state index contributed by atoms with van der Waals surface area (Å²) in [6.07, 6.45) is 5.35. The zero-order chi connectivity index (χ0) is 23.0. The third-order valence-corrected chi connectivity index (χ3v) is 7.09. The van der Waals surface area contributed by atoms with Crippen molar-refractivity contribution in [3.63, 3.8) is 0 Å². The maximum absolute atomic E-state index is 12.6. The second kappa shape index (κ2) is 11.2. The standard InChI is InChI=1S/C24H30N2O5S/c1-2-26(21-13-7-4-8-14-21)23(27)18-31-24(28)20-12-9-15-22(16-20)32(29,30)25-17-19-10-5-3-6-11-19/h3,5-6,9-12,15-16,21,25H,2,4,7-8,13-14,17-18H2,1H3. The molecule has 0 heterocycles. The summed E-state index contributed by atoms with van der Waals surface area (Å²) >= 11 is 0. The van der Waals surface area contributed by atoms with Crippen LogP contribution in [0.2, 0.25) is 0 Å². The summed E-state index contributed by atoms with van der Waals surface area (Å²) in [4.78, 5) is 26.8. The highest BCUT2D eigenvalue weighted by atomic mass is 32.2. The lowest BCUT2D eigenvalue weighted by atomic mass is 9.94. The summed E-state index contributed by atoms with van der Waals surface area (Å²) < 4.78 is 33.0. The molecule has 8 heteroatoms. The van der Waals surface area contributed by atoms with Crippen LogP contribution in [0.15, 0.2) is 59.5 Å². The summed E-state index contributed by atoms with van der Waals surface area (Å²) in [6.45, 7) is 2.28. The first-order valence-corrected chi connectivity index (χ1v) is 12.5. The van der Waals surface area contributed by atoms with E-state index in [0.717, 1.165) is 31.2 Å². The van der Waals surface area contributed by atoms with Gasteiger partial charge in [-0.05, 0) is 43.5 Å². The Labute approximate surface area is 189 Å².